The molecule has 0 radical (unpaired) electrons. The van der Waals surface area contributed by atoms with Crippen LogP contribution < -0.4 is 0 Å². The van der Waals surface area contributed by atoms with Crippen molar-refractivity contribution >= 4 is 33.6 Å². The second-order valence-electron chi connectivity index (χ2n) is 5.01. The Bertz CT molecular complexity index is 657. The van der Waals surface area contributed by atoms with Gasteiger partial charge >= 0.3 is 0 Å². The minimum absolute atomic E-state index is 0.0527. The number of thioether (sulfide) groups is 1. The second-order valence-corrected chi connectivity index (χ2v) is 7.04. The molecule has 0 aliphatic rings. The number of carbonyl (C=O) groups is 1. The van der Waals surface area contributed by atoms with E-state index in [1.165, 1.54) is 4.90 Å². The van der Waals surface area contributed by atoms with Crippen molar-refractivity contribution in [2.75, 3.05) is 12.3 Å². The molecule has 0 unspecified atom stereocenters. The zero-order chi connectivity index (χ0) is 16.5. The zero-order valence-corrected chi connectivity index (χ0v) is 15.5. The fourth-order valence-electron chi connectivity index (χ4n) is 2.14. The molecule has 0 saturated heterocycles. The van der Waals surface area contributed by atoms with Gasteiger partial charge in [0.1, 0.15) is 0 Å². The Balaban J connectivity index is 2.00. The van der Waals surface area contributed by atoms with Gasteiger partial charge in [0.25, 0.3) is 0 Å². The van der Waals surface area contributed by atoms with Gasteiger partial charge in [-0.25, -0.2) is 0 Å². The first kappa shape index (κ1) is 17.8. The highest BCUT2D eigenvalue weighted by Crippen LogP contribution is 2.20. The number of benzene rings is 2. The van der Waals surface area contributed by atoms with E-state index in [2.05, 4.69) is 28.1 Å². The van der Waals surface area contributed by atoms with Gasteiger partial charge in [-0.15, -0.1) is 11.8 Å². The molecule has 0 heterocycles. The third-order valence-corrected chi connectivity index (χ3v) is 5.08. The Morgan fingerprint density at radius 3 is 2.52 bits per heavy atom. The van der Waals surface area contributed by atoms with Crippen LogP contribution in [-0.2, 0) is 11.3 Å². The smallest absolute Gasteiger partial charge is 0.246 e. The van der Waals surface area contributed by atoms with Crippen LogP contribution >= 0.6 is 27.7 Å². The molecule has 0 aliphatic heterocycles. The number of rotatable bonds is 7. The van der Waals surface area contributed by atoms with Crippen molar-refractivity contribution in [1.29, 1.82) is 0 Å². The number of amides is 1. The minimum Gasteiger partial charge on any atom is -0.334 e. The van der Waals surface area contributed by atoms with Crippen molar-refractivity contribution in [2.24, 2.45) is 0 Å². The largest absolute Gasteiger partial charge is 0.334 e. The van der Waals surface area contributed by atoms with E-state index in [0.717, 1.165) is 15.8 Å². The molecule has 120 valence electrons. The highest BCUT2D eigenvalue weighted by Gasteiger charge is 2.12. The van der Waals surface area contributed by atoms with E-state index >= 15 is 0 Å². The molecule has 0 aromatic heterocycles. The predicted molar refractivity (Wildman–Crippen MR) is 102 cm³/mol. The van der Waals surface area contributed by atoms with Crippen molar-refractivity contribution in [3.05, 3.63) is 76.8 Å². The summed E-state index contributed by atoms with van der Waals surface area (Å²) in [4.78, 5) is 15.4. The number of halogens is 1. The van der Waals surface area contributed by atoms with E-state index in [4.69, 9.17) is 0 Å². The first-order valence-corrected chi connectivity index (χ1v) is 9.31. The molecule has 23 heavy (non-hydrogen) atoms. The lowest BCUT2D eigenvalue weighted by molar-refractivity contribution is -0.126. The fourth-order valence-corrected chi connectivity index (χ4v) is 3.44. The van der Waals surface area contributed by atoms with E-state index in [-0.39, 0.29) is 5.91 Å². The van der Waals surface area contributed by atoms with E-state index < -0.39 is 0 Å². The summed E-state index contributed by atoms with van der Waals surface area (Å²) in [6.07, 6.45) is 3.42. The lowest BCUT2D eigenvalue weighted by Gasteiger charge is -2.22. The fraction of sp³-hybridized carbons (Fsp3) is 0.211. The molecule has 0 aliphatic carbocycles. The third-order valence-electron chi connectivity index (χ3n) is 3.31. The van der Waals surface area contributed by atoms with Gasteiger partial charge in [0.2, 0.25) is 5.91 Å². The summed E-state index contributed by atoms with van der Waals surface area (Å²) >= 11 is 5.33. The Labute approximate surface area is 150 Å². The summed E-state index contributed by atoms with van der Waals surface area (Å²) in [6.45, 7) is 3.19. The van der Waals surface area contributed by atoms with Crippen LogP contribution in [0.5, 0.6) is 0 Å². The van der Waals surface area contributed by atoms with Crippen LogP contribution in [0.15, 0.2) is 76.1 Å². The van der Waals surface area contributed by atoms with Gasteiger partial charge in [-0.1, -0.05) is 58.4 Å². The quantitative estimate of drug-likeness (QED) is 0.482. The van der Waals surface area contributed by atoms with Gasteiger partial charge in [-0.3, -0.25) is 4.79 Å². The molecule has 2 aromatic carbocycles. The Morgan fingerprint density at radius 2 is 1.83 bits per heavy atom. The number of allylic oxidation sites excluding steroid dienone is 1. The van der Waals surface area contributed by atoms with Crippen LogP contribution in [0, 0.1) is 0 Å². The van der Waals surface area contributed by atoms with Gasteiger partial charge in [0, 0.05) is 28.2 Å². The van der Waals surface area contributed by atoms with Crippen LogP contribution in [0.25, 0.3) is 0 Å². The van der Waals surface area contributed by atoms with E-state index in [9.17, 15) is 4.79 Å². The SMILES string of the molecule is C/C=C/C(=O)N(CCSc1ccccc1)Cc1ccccc1Br. The minimum atomic E-state index is 0.0527. The maximum atomic E-state index is 12.3. The van der Waals surface area contributed by atoms with E-state index in [1.54, 1.807) is 23.9 Å². The van der Waals surface area contributed by atoms with Crippen molar-refractivity contribution < 1.29 is 4.79 Å². The molecule has 2 aromatic rings. The summed E-state index contributed by atoms with van der Waals surface area (Å²) in [6, 6.07) is 18.3. The molecule has 2 nitrogen and oxygen atoms in total. The molecular formula is C19H20BrNOS. The average molecular weight is 390 g/mol. The van der Waals surface area contributed by atoms with Crippen molar-refractivity contribution in [1.82, 2.24) is 4.90 Å². The van der Waals surface area contributed by atoms with Crippen molar-refractivity contribution in [3.63, 3.8) is 0 Å². The van der Waals surface area contributed by atoms with Gasteiger partial charge in [0.05, 0.1) is 0 Å². The summed E-state index contributed by atoms with van der Waals surface area (Å²) in [5.41, 5.74) is 1.12. The first-order chi connectivity index (χ1) is 11.2. The van der Waals surface area contributed by atoms with Crippen molar-refractivity contribution in [2.45, 2.75) is 18.4 Å². The molecular weight excluding hydrogens is 370 g/mol. The first-order valence-electron chi connectivity index (χ1n) is 7.53. The molecule has 0 fully saturated rings. The Kier molecular flexibility index (Phi) is 7.43. The number of hydrogen-bond donors (Lipinski definition) is 0. The zero-order valence-electron chi connectivity index (χ0n) is 13.1. The van der Waals surface area contributed by atoms with Gasteiger partial charge in [-0.05, 0) is 36.8 Å². The molecule has 2 rings (SSSR count). The van der Waals surface area contributed by atoms with Gasteiger partial charge in [0.15, 0.2) is 0 Å². The van der Waals surface area contributed by atoms with Crippen LogP contribution in [0.2, 0.25) is 0 Å². The van der Waals surface area contributed by atoms with Gasteiger partial charge in [-0.2, -0.15) is 0 Å². The Hall–Kier alpha value is -1.52. The standard InChI is InChI=1S/C19H20BrNOS/c1-2-8-19(22)21(15-16-9-6-7-12-18(16)20)13-14-23-17-10-4-3-5-11-17/h2-12H,13-15H2,1H3/b8-2+. The van der Waals surface area contributed by atoms with Crippen LogP contribution in [-0.4, -0.2) is 23.1 Å². The average Bonchev–Trinajstić information content (AvgIpc) is 2.57. The second kappa shape index (κ2) is 9.58. The van der Waals surface area contributed by atoms with Crippen molar-refractivity contribution in [3.8, 4) is 0 Å². The summed E-state index contributed by atoms with van der Waals surface area (Å²) in [7, 11) is 0. The summed E-state index contributed by atoms with van der Waals surface area (Å²) in [5.74, 6) is 0.925. The van der Waals surface area contributed by atoms with E-state index in [1.807, 2.05) is 54.3 Å². The topological polar surface area (TPSA) is 20.3 Å². The normalized spacial score (nSPS) is 10.9. The number of nitrogens with zero attached hydrogens (tertiary/aromatic N) is 1. The molecule has 4 heteroatoms. The summed E-state index contributed by atoms with van der Waals surface area (Å²) < 4.78 is 1.04. The molecule has 1 amide bonds. The predicted octanol–water partition coefficient (Wildman–Crippen LogP) is 5.15. The maximum Gasteiger partial charge on any atom is 0.246 e. The molecule has 0 spiro atoms. The highest BCUT2D eigenvalue weighted by molar-refractivity contribution is 9.10. The Morgan fingerprint density at radius 1 is 1.13 bits per heavy atom. The van der Waals surface area contributed by atoms with E-state index in [0.29, 0.717) is 13.1 Å². The van der Waals surface area contributed by atoms with Crippen LogP contribution in [0.3, 0.4) is 0 Å². The molecule has 0 saturated carbocycles. The number of carbonyl (C=O) groups excluding carboxylic acids is 1. The summed E-state index contributed by atoms with van der Waals surface area (Å²) in [5, 5.41) is 0. The van der Waals surface area contributed by atoms with Crippen LogP contribution in [0.4, 0.5) is 0 Å². The molecule has 0 N–H and O–H groups in total. The molecule has 0 bridgehead atoms. The molecule has 0 atom stereocenters. The monoisotopic (exact) mass is 389 g/mol. The third kappa shape index (κ3) is 5.88. The van der Waals surface area contributed by atoms with Gasteiger partial charge < -0.3 is 4.90 Å². The van der Waals surface area contributed by atoms with Crippen LogP contribution in [0.1, 0.15) is 12.5 Å². The lowest BCUT2D eigenvalue weighted by atomic mass is 10.2. The lowest BCUT2D eigenvalue weighted by Crippen LogP contribution is -2.31. The maximum absolute atomic E-state index is 12.3. The highest BCUT2D eigenvalue weighted by atomic mass is 79.9. The number of hydrogen-bond acceptors (Lipinski definition) is 2.